The van der Waals surface area contributed by atoms with Gasteiger partial charge in [0.05, 0.1) is 64.8 Å². The van der Waals surface area contributed by atoms with Gasteiger partial charge in [-0.2, -0.15) is 0 Å². The number of nitrogens with zero attached hydrogens (tertiary/aromatic N) is 1. The minimum Gasteiger partial charge on any atom is -0.508 e. The molecule has 1 aliphatic rings. The number of nitrogens with two attached hydrogens (primary N) is 3. The molecule has 16 amide bonds. The Morgan fingerprint density at radius 3 is 1.25 bits per heavy atom. The van der Waals surface area contributed by atoms with Gasteiger partial charge in [-0.05, 0) is 123 Å². The van der Waals surface area contributed by atoms with E-state index in [0.29, 0.717) is 24.0 Å². The number of nitrogens with one attached hydrogen (secondary N) is 14. The summed E-state index contributed by atoms with van der Waals surface area (Å²) in [5.41, 5.74) is 18.4. The summed E-state index contributed by atoms with van der Waals surface area (Å²) in [4.78, 5) is 233. The molecule has 1 heterocycles. The summed E-state index contributed by atoms with van der Waals surface area (Å²) in [7, 11) is 0. The Bertz CT molecular complexity index is 4130. The van der Waals surface area contributed by atoms with Crippen LogP contribution in [-0.2, 0) is 101 Å². The Morgan fingerprint density at radius 1 is 0.435 bits per heavy atom. The average molecular weight is 1750 g/mol. The lowest BCUT2D eigenvalue weighted by Crippen LogP contribution is -2.62. The van der Waals surface area contributed by atoms with Gasteiger partial charge in [0.15, 0.2) is 0 Å². The molecule has 0 bridgehead atoms. The highest BCUT2D eigenvalue weighted by molar-refractivity contribution is 6.01. The van der Waals surface area contributed by atoms with Crippen molar-refractivity contribution in [2.24, 2.45) is 29.0 Å². The molecule has 0 radical (unpaired) electrons. The SMILES string of the molecule is CC[C@H](C)[C@H](NC(=O)[C@@H](N)Cc1ccc(O)cc1)C(=O)N[C@@H](CO)C(=O)N[C@@H](Cc1ccc(O)cc1)C(=O)N[C@@H](CO)C(=O)NCC(=O)N[C@@H](CO)C(=O)N[C@H](C(=O)N[C@@H](CO)C(=O)N[C@@H](Cc1ccc(O)cc1)C(=O)N[C@@H](CC(N)=O)C(=O)N1CCC[C@H]1C(=O)N[C@@H](CO)C(=O)N[C@@H](CC(C)C)C(=O)N[C@@H](CCCCN)C(=O)N[C@@H](CO)C(=O)O)[C@@H](C)O. The third-order valence-electron chi connectivity index (χ3n) is 19.7. The molecule has 1 saturated heterocycles. The van der Waals surface area contributed by atoms with Gasteiger partial charge in [0, 0.05) is 19.4 Å². The number of unbranched alkanes of at least 4 members (excludes halogenated alkanes) is 1. The molecule has 1 aliphatic heterocycles. The Labute approximate surface area is 711 Å². The summed E-state index contributed by atoms with van der Waals surface area (Å²) in [6, 6.07) is -9.59. The van der Waals surface area contributed by atoms with Crippen molar-refractivity contribution in [1.82, 2.24) is 79.3 Å². The molecule has 46 nitrogen and oxygen atoms in total. The van der Waals surface area contributed by atoms with Crippen LogP contribution in [0.2, 0.25) is 0 Å². The minimum absolute atomic E-state index is 0.00737. The quantitative estimate of drug-likeness (QED) is 0.0233. The average Bonchev–Trinajstić information content (AvgIpc) is 1.64. The van der Waals surface area contributed by atoms with Crippen LogP contribution in [-0.4, -0.2) is 318 Å². The van der Waals surface area contributed by atoms with E-state index in [1.807, 2.05) is 0 Å². The predicted octanol–water partition coefficient (Wildman–Crippen LogP) is -10.9. The number of aromatic hydroxyl groups is 3. The second kappa shape index (κ2) is 52.2. The molecule has 4 rings (SSSR count). The molecular weight excluding hydrogens is 1640 g/mol. The Balaban J connectivity index is 1.45. The zero-order valence-corrected chi connectivity index (χ0v) is 69.0. The molecule has 0 unspecified atom stereocenters. The number of aliphatic hydroxyl groups excluding tert-OH is 7. The molecule has 0 aromatic heterocycles. The molecule has 31 N–H and O–H groups in total. The number of primary amides is 1. The van der Waals surface area contributed by atoms with Crippen LogP contribution in [0.5, 0.6) is 17.2 Å². The molecule has 0 aliphatic carbocycles. The fraction of sp³-hybridized carbons (Fsp3) is 0.551. The van der Waals surface area contributed by atoms with Crippen molar-refractivity contribution in [1.29, 1.82) is 0 Å². The van der Waals surface area contributed by atoms with Crippen LogP contribution in [0, 0.1) is 11.8 Å². The normalized spacial score (nSPS) is 16.3. The fourth-order valence-electron chi connectivity index (χ4n) is 12.5. The lowest BCUT2D eigenvalue weighted by molar-refractivity contribution is -0.144. The van der Waals surface area contributed by atoms with Crippen molar-refractivity contribution in [3.8, 4) is 17.2 Å². The number of hydrogen-bond acceptors (Lipinski definition) is 29. The number of phenols is 3. The molecule has 46 heteroatoms. The van der Waals surface area contributed by atoms with Gasteiger partial charge < -0.3 is 153 Å². The molecule has 3 aromatic carbocycles. The highest BCUT2D eigenvalue weighted by Crippen LogP contribution is 2.22. The number of aliphatic carboxylic acids is 1. The first-order chi connectivity index (χ1) is 58.7. The second-order valence-electron chi connectivity index (χ2n) is 30.0. The molecular formula is C78H116N18O28. The minimum atomic E-state index is -2.10. The highest BCUT2D eigenvalue weighted by atomic mass is 16.4. The molecule has 17 atom stereocenters. The Kier molecular flexibility index (Phi) is 43.8. The number of carboxylic acid groups (broad SMARTS) is 1. The molecule has 3 aromatic rings. The molecule has 0 saturated carbocycles. The lowest BCUT2D eigenvalue weighted by atomic mass is 9.97. The summed E-state index contributed by atoms with van der Waals surface area (Å²) in [5.74, 6) is -21.2. The third-order valence-corrected chi connectivity index (χ3v) is 19.7. The third kappa shape index (κ3) is 33.8. The summed E-state index contributed by atoms with van der Waals surface area (Å²) in [5, 5.41) is 143. The van der Waals surface area contributed by atoms with Crippen molar-refractivity contribution >= 4 is 100 Å². The van der Waals surface area contributed by atoms with E-state index >= 15 is 0 Å². The number of phenolic OH excluding ortho intramolecular Hbond substituents is 3. The van der Waals surface area contributed by atoms with E-state index in [9.17, 15) is 138 Å². The van der Waals surface area contributed by atoms with E-state index in [4.69, 9.17) is 17.2 Å². The number of rotatable bonds is 53. The highest BCUT2D eigenvalue weighted by Gasteiger charge is 2.43. The Morgan fingerprint density at radius 2 is 0.806 bits per heavy atom. The fourth-order valence-corrected chi connectivity index (χ4v) is 12.5. The summed E-state index contributed by atoms with van der Waals surface area (Å²) >= 11 is 0. The van der Waals surface area contributed by atoms with Crippen LogP contribution >= 0.6 is 0 Å². The molecule has 0 spiro atoms. The van der Waals surface area contributed by atoms with Gasteiger partial charge in [-0.1, -0.05) is 70.5 Å². The van der Waals surface area contributed by atoms with E-state index < -0.39 is 269 Å². The van der Waals surface area contributed by atoms with Gasteiger partial charge >= 0.3 is 5.97 Å². The maximum absolute atomic E-state index is 14.5. The first-order valence-corrected chi connectivity index (χ1v) is 39.8. The zero-order valence-electron chi connectivity index (χ0n) is 69.0. The lowest BCUT2D eigenvalue weighted by Gasteiger charge is -2.31. The molecule has 1 fully saturated rings. The number of carbonyl (C=O) groups is 17. The first kappa shape index (κ1) is 104. The van der Waals surface area contributed by atoms with Crippen LogP contribution in [0.15, 0.2) is 72.8 Å². The monoisotopic (exact) mass is 1750 g/mol. The van der Waals surface area contributed by atoms with Gasteiger partial charge in [-0.25, -0.2) is 4.79 Å². The van der Waals surface area contributed by atoms with Gasteiger partial charge in [-0.15, -0.1) is 0 Å². The predicted molar refractivity (Wildman–Crippen MR) is 434 cm³/mol. The van der Waals surface area contributed by atoms with Gasteiger partial charge in [-0.3, -0.25) is 76.7 Å². The largest absolute Gasteiger partial charge is 0.508 e. The second-order valence-corrected chi connectivity index (χ2v) is 30.0. The maximum Gasteiger partial charge on any atom is 0.328 e. The van der Waals surface area contributed by atoms with Crippen molar-refractivity contribution in [2.75, 3.05) is 59.3 Å². The zero-order chi connectivity index (χ0) is 92.8. The number of amides is 16. The number of carboxylic acids is 1. The summed E-state index contributed by atoms with van der Waals surface area (Å²) in [6.07, 6.45) is -2.88. The van der Waals surface area contributed by atoms with Gasteiger partial charge in [0.1, 0.15) is 102 Å². The summed E-state index contributed by atoms with van der Waals surface area (Å²) < 4.78 is 0. The van der Waals surface area contributed by atoms with E-state index in [2.05, 4.69) is 74.4 Å². The molecule has 686 valence electrons. The van der Waals surface area contributed by atoms with Gasteiger partial charge in [0.25, 0.3) is 0 Å². The van der Waals surface area contributed by atoms with Crippen LogP contribution in [0.4, 0.5) is 0 Å². The van der Waals surface area contributed by atoms with Crippen molar-refractivity contribution in [3.05, 3.63) is 89.5 Å². The van der Waals surface area contributed by atoms with Crippen LogP contribution in [0.3, 0.4) is 0 Å². The number of hydrogen-bond donors (Lipinski definition) is 28. The van der Waals surface area contributed by atoms with E-state index in [0.717, 1.165) is 11.8 Å². The van der Waals surface area contributed by atoms with Crippen LogP contribution < -0.4 is 91.6 Å². The van der Waals surface area contributed by atoms with Crippen molar-refractivity contribution in [2.45, 2.75) is 202 Å². The van der Waals surface area contributed by atoms with Crippen LogP contribution in [0.25, 0.3) is 0 Å². The van der Waals surface area contributed by atoms with Crippen molar-refractivity contribution < 1.29 is 138 Å². The van der Waals surface area contributed by atoms with Crippen LogP contribution in [0.1, 0.15) is 103 Å². The first-order valence-electron chi connectivity index (χ1n) is 39.8. The smallest absolute Gasteiger partial charge is 0.328 e. The molecule has 124 heavy (non-hydrogen) atoms. The Hall–Kier alpha value is -12.3. The van der Waals surface area contributed by atoms with Crippen molar-refractivity contribution in [3.63, 3.8) is 0 Å². The topological polar surface area (TPSA) is 762 Å². The number of carbonyl (C=O) groups excluding carboxylic acids is 16. The maximum atomic E-state index is 14.5. The summed E-state index contributed by atoms with van der Waals surface area (Å²) in [6.45, 7) is -0.231. The van der Waals surface area contributed by atoms with E-state index in [1.54, 1.807) is 39.8 Å². The number of aliphatic hydroxyl groups is 7. The van der Waals surface area contributed by atoms with E-state index in [1.165, 1.54) is 60.7 Å². The number of benzene rings is 3. The standard InChI is InChI=1S/C78H116N18O28/c1-6-39(4)62(94-64(109)47(80)27-41-12-18-44(104)19-13-41)75(120)91-56(35-100)71(116)87-51(29-43-16-22-46(106)23-17-43)69(114)89-53(32-97)65(110)82-31-61(108)83-54(33-98)73(118)95-63(40(5)103)76(121)92-57(36-101)72(117)86-50(28-42-14-20-45(105)21-15-42)68(113)88-52(30-60(81)107)77(122)96-25-9-11-59(96)74(119)90-55(34-99)70(115)85-49(26-38(2)3)67(112)84-48(10-7-8-24-79)66(111)93-58(37-102)78(123)124/h12-23,38-40,47-59,62-63,97-106H,6-11,24-37,79-80H2,1-5H3,(H2,81,107)(H,82,110)(H,83,108)(H,84,112)(H,85,115)(H,86,117)(H,87,116)(H,88,113)(H,89,114)(H,90,119)(H,91,120)(H,92,121)(H,93,111)(H,94,109)(H,95,118)(H,123,124)/t39-,40+,47-,48-,49-,50-,51-,52-,53-,54-,55-,56-,57-,58-,59-,62-,63-/m0/s1. The van der Waals surface area contributed by atoms with E-state index in [-0.39, 0.29) is 80.3 Å². The van der Waals surface area contributed by atoms with Gasteiger partial charge in [0.2, 0.25) is 94.5 Å². The number of likely N-dealkylation sites (tertiary alicyclic amines) is 1.